The number of nitrogens with one attached hydrogen (secondary N) is 2. The molecular weight excluding hydrogens is 256 g/mol. The van der Waals surface area contributed by atoms with Crippen LogP contribution < -0.4 is 10.6 Å². The number of para-hydroxylation sites is 1. The summed E-state index contributed by atoms with van der Waals surface area (Å²) in [6.45, 7) is 8.36. The lowest BCUT2D eigenvalue weighted by atomic mass is 10.0. The molecule has 0 aliphatic carbocycles. The molecule has 0 atom stereocenters. The number of hydrogen-bond donors (Lipinski definition) is 2. The summed E-state index contributed by atoms with van der Waals surface area (Å²) >= 11 is 0. The van der Waals surface area contributed by atoms with E-state index in [1.54, 1.807) is 0 Å². The van der Waals surface area contributed by atoms with Crippen LogP contribution in [0.3, 0.4) is 0 Å². The zero-order chi connectivity index (χ0) is 15.1. The Bertz CT molecular complexity index is 576. The molecule has 112 valence electrons. The highest BCUT2D eigenvalue weighted by atomic mass is 14.9. The molecule has 0 saturated heterocycles. The fourth-order valence-corrected chi connectivity index (χ4v) is 2.69. The van der Waals surface area contributed by atoms with Crippen LogP contribution in [0.2, 0.25) is 0 Å². The summed E-state index contributed by atoms with van der Waals surface area (Å²) in [5, 5.41) is 6.85. The lowest BCUT2D eigenvalue weighted by Gasteiger charge is -2.12. The van der Waals surface area contributed by atoms with Crippen LogP contribution >= 0.6 is 0 Å². The van der Waals surface area contributed by atoms with Crippen molar-refractivity contribution in [2.75, 3.05) is 23.7 Å². The molecule has 0 heterocycles. The molecule has 2 aromatic carbocycles. The first-order valence-electron chi connectivity index (χ1n) is 7.89. The monoisotopic (exact) mass is 282 g/mol. The smallest absolute Gasteiger partial charge is 0.0372 e. The summed E-state index contributed by atoms with van der Waals surface area (Å²) in [5.41, 5.74) is 6.61. The molecular formula is C19H26N2. The molecule has 2 heteroatoms. The van der Waals surface area contributed by atoms with Crippen molar-refractivity contribution in [1.29, 1.82) is 0 Å². The van der Waals surface area contributed by atoms with E-state index in [0.717, 1.165) is 25.9 Å². The van der Waals surface area contributed by atoms with Gasteiger partial charge in [0.15, 0.2) is 0 Å². The van der Waals surface area contributed by atoms with Crippen LogP contribution in [0.15, 0.2) is 42.5 Å². The predicted octanol–water partition coefficient (Wildman–Crippen LogP) is 4.64. The average molecular weight is 282 g/mol. The minimum atomic E-state index is 0.964. The maximum atomic E-state index is 3.44. The summed E-state index contributed by atoms with van der Waals surface area (Å²) in [7, 11) is 0. The third-order valence-corrected chi connectivity index (χ3v) is 3.59. The highest BCUT2D eigenvalue weighted by Gasteiger charge is 2.03. The second-order valence-electron chi connectivity index (χ2n) is 5.43. The Hall–Kier alpha value is -1.96. The predicted molar refractivity (Wildman–Crippen MR) is 93.4 cm³/mol. The van der Waals surface area contributed by atoms with E-state index in [1.165, 1.54) is 28.1 Å². The van der Waals surface area contributed by atoms with Gasteiger partial charge in [-0.1, -0.05) is 24.3 Å². The molecule has 2 rings (SSSR count). The summed E-state index contributed by atoms with van der Waals surface area (Å²) in [6.07, 6.45) is 2.14. The summed E-state index contributed by atoms with van der Waals surface area (Å²) in [4.78, 5) is 0. The molecule has 0 aromatic heterocycles. The minimum absolute atomic E-state index is 0.964. The van der Waals surface area contributed by atoms with E-state index < -0.39 is 0 Å². The first-order chi connectivity index (χ1) is 10.2. The van der Waals surface area contributed by atoms with E-state index in [9.17, 15) is 0 Å². The highest BCUT2D eigenvalue weighted by Crippen LogP contribution is 2.20. The zero-order valence-corrected chi connectivity index (χ0v) is 13.4. The molecule has 0 fully saturated rings. The number of rotatable bonds is 7. The topological polar surface area (TPSA) is 24.1 Å². The van der Waals surface area contributed by atoms with E-state index in [2.05, 4.69) is 73.9 Å². The van der Waals surface area contributed by atoms with Gasteiger partial charge in [-0.05, 0) is 68.5 Å². The Morgan fingerprint density at radius 3 is 2.38 bits per heavy atom. The third-order valence-electron chi connectivity index (χ3n) is 3.59. The molecule has 0 spiro atoms. The van der Waals surface area contributed by atoms with E-state index in [1.807, 2.05) is 0 Å². The van der Waals surface area contributed by atoms with Gasteiger partial charge in [0, 0.05) is 24.5 Å². The van der Waals surface area contributed by atoms with Crippen LogP contribution in [0.4, 0.5) is 11.4 Å². The second-order valence-corrected chi connectivity index (χ2v) is 5.43. The standard InChI is InChI=1S/C19H26N2/c1-4-20-18-13-15(3)12-16(14-18)10-11-17-8-6-7-9-19(17)21-5-2/h6-9,12-14,20-21H,4-5,10-11H2,1-3H3. The maximum absolute atomic E-state index is 3.44. The van der Waals surface area contributed by atoms with Gasteiger partial charge in [0.25, 0.3) is 0 Å². The third kappa shape index (κ3) is 4.52. The normalized spacial score (nSPS) is 10.4. The minimum Gasteiger partial charge on any atom is -0.385 e. The zero-order valence-electron chi connectivity index (χ0n) is 13.4. The molecule has 21 heavy (non-hydrogen) atoms. The van der Waals surface area contributed by atoms with Gasteiger partial charge in [0.2, 0.25) is 0 Å². The lowest BCUT2D eigenvalue weighted by molar-refractivity contribution is 0.955. The lowest BCUT2D eigenvalue weighted by Crippen LogP contribution is -2.02. The average Bonchev–Trinajstić information content (AvgIpc) is 2.46. The largest absolute Gasteiger partial charge is 0.385 e. The molecule has 0 aliphatic heterocycles. The SMILES string of the molecule is CCNc1cc(C)cc(CCc2ccccc2NCC)c1. The quantitative estimate of drug-likeness (QED) is 0.773. The Kier molecular flexibility index (Phi) is 5.68. The Labute approximate surface area is 128 Å². The molecule has 2 aromatic rings. The van der Waals surface area contributed by atoms with Crippen molar-refractivity contribution in [3.63, 3.8) is 0 Å². The number of aryl methyl sites for hydroxylation is 3. The van der Waals surface area contributed by atoms with Crippen LogP contribution in [-0.4, -0.2) is 13.1 Å². The van der Waals surface area contributed by atoms with Crippen LogP contribution in [0.25, 0.3) is 0 Å². The van der Waals surface area contributed by atoms with Crippen LogP contribution in [0, 0.1) is 6.92 Å². The van der Waals surface area contributed by atoms with E-state index in [-0.39, 0.29) is 0 Å². The summed E-state index contributed by atoms with van der Waals surface area (Å²) < 4.78 is 0. The van der Waals surface area contributed by atoms with Crippen LogP contribution in [-0.2, 0) is 12.8 Å². The van der Waals surface area contributed by atoms with Crippen molar-refractivity contribution in [3.05, 3.63) is 59.2 Å². The van der Waals surface area contributed by atoms with Crippen molar-refractivity contribution in [2.24, 2.45) is 0 Å². The van der Waals surface area contributed by atoms with Gasteiger partial charge in [-0.2, -0.15) is 0 Å². The molecule has 0 radical (unpaired) electrons. The van der Waals surface area contributed by atoms with Crippen LogP contribution in [0.5, 0.6) is 0 Å². The van der Waals surface area contributed by atoms with Gasteiger partial charge in [-0.25, -0.2) is 0 Å². The Morgan fingerprint density at radius 1 is 0.857 bits per heavy atom. The van der Waals surface area contributed by atoms with Gasteiger partial charge in [-0.3, -0.25) is 0 Å². The van der Waals surface area contributed by atoms with Gasteiger partial charge in [-0.15, -0.1) is 0 Å². The molecule has 0 saturated carbocycles. The maximum Gasteiger partial charge on any atom is 0.0372 e. The van der Waals surface area contributed by atoms with Crippen molar-refractivity contribution in [1.82, 2.24) is 0 Å². The molecule has 2 N–H and O–H groups in total. The van der Waals surface area contributed by atoms with E-state index in [0.29, 0.717) is 0 Å². The highest BCUT2D eigenvalue weighted by molar-refractivity contribution is 5.52. The number of benzene rings is 2. The summed E-state index contributed by atoms with van der Waals surface area (Å²) in [6, 6.07) is 15.4. The molecule has 0 amide bonds. The first-order valence-corrected chi connectivity index (χ1v) is 7.89. The van der Waals surface area contributed by atoms with Crippen molar-refractivity contribution in [2.45, 2.75) is 33.6 Å². The van der Waals surface area contributed by atoms with Crippen molar-refractivity contribution < 1.29 is 0 Å². The molecule has 0 aliphatic rings. The molecule has 2 nitrogen and oxygen atoms in total. The Morgan fingerprint density at radius 2 is 1.62 bits per heavy atom. The fourth-order valence-electron chi connectivity index (χ4n) is 2.69. The van der Waals surface area contributed by atoms with E-state index in [4.69, 9.17) is 0 Å². The van der Waals surface area contributed by atoms with Gasteiger partial charge in [0.05, 0.1) is 0 Å². The second kappa shape index (κ2) is 7.72. The van der Waals surface area contributed by atoms with Crippen molar-refractivity contribution >= 4 is 11.4 Å². The molecule has 0 unspecified atom stereocenters. The number of anilines is 2. The molecule has 0 bridgehead atoms. The van der Waals surface area contributed by atoms with Crippen LogP contribution in [0.1, 0.15) is 30.5 Å². The first kappa shape index (κ1) is 15.4. The van der Waals surface area contributed by atoms with Gasteiger partial charge in [0.1, 0.15) is 0 Å². The van der Waals surface area contributed by atoms with E-state index >= 15 is 0 Å². The number of hydrogen-bond acceptors (Lipinski definition) is 2. The van der Waals surface area contributed by atoms with Gasteiger partial charge >= 0.3 is 0 Å². The van der Waals surface area contributed by atoms with Gasteiger partial charge < -0.3 is 10.6 Å². The Balaban J connectivity index is 2.09. The fraction of sp³-hybridized carbons (Fsp3) is 0.368. The summed E-state index contributed by atoms with van der Waals surface area (Å²) in [5.74, 6) is 0. The van der Waals surface area contributed by atoms with Crippen molar-refractivity contribution in [3.8, 4) is 0 Å².